The lowest BCUT2D eigenvalue weighted by Crippen LogP contribution is -2.56. The Morgan fingerprint density at radius 2 is 1.87 bits per heavy atom. The van der Waals surface area contributed by atoms with Crippen molar-refractivity contribution in [1.29, 1.82) is 0 Å². The molecule has 1 aliphatic heterocycles. The van der Waals surface area contributed by atoms with Crippen molar-refractivity contribution in [2.24, 2.45) is 4.99 Å². The average molecular weight is 584 g/mol. The summed E-state index contributed by atoms with van der Waals surface area (Å²) in [5.41, 5.74) is 6.72. The summed E-state index contributed by atoms with van der Waals surface area (Å²) in [7, 11) is 0. The van der Waals surface area contributed by atoms with Gasteiger partial charge in [0.1, 0.15) is 17.7 Å². The maximum absolute atomic E-state index is 13.9. The van der Waals surface area contributed by atoms with Gasteiger partial charge < -0.3 is 14.6 Å². The predicted octanol–water partition coefficient (Wildman–Crippen LogP) is 4.36. The summed E-state index contributed by atoms with van der Waals surface area (Å²) in [4.78, 5) is 18.5. The summed E-state index contributed by atoms with van der Waals surface area (Å²) in [5.74, 6) is 0.439. The number of nitrogens with one attached hydrogen (secondary N) is 2. The number of hydrazine groups is 1. The molecule has 0 saturated carbocycles. The van der Waals surface area contributed by atoms with E-state index in [1.807, 2.05) is 55.5 Å². The van der Waals surface area contributed by atoms with Crippen molar-refractivity contribution in [3.05, 3.63) is 99.8 Å². The molecule has 0 bridgehead atoms. The maximum Gasteiger partial charge on any atom is 0.266 e. The van der Waals surface area contributed by atoms with E-state index in [-0.39, 0.29) is 18.3 Å². The van der Waals surface area contributed by atoms with E-state index in [9.17, 15) is 9.18 Å². The number of aliphatic hydroxyl groups is 1. The van der Waals surface area contributed by atoms with Crippen LogP contribution in [0.1, 0.15) is 30.0 Å². The van der Waals surface area contributed by atoms with Gasteiger partial charge in [0.15, 0.2) is 5.54 Å². The molecule has 0 fully saturated rings. The van der Waals surface area contributed by atoms with Crippen LogP contribution in [-0.2, 0) is 22.4 Å². The third-order valence-corrected chi connectivity index (χ3v) is 6.92. The van der Waals surface area contributed by atoms with Crippen molar-refractivity contribution in [3.8, 4) is 5.75 Å². The highest BCUT2D eigenvalue weighted by Gasteiger charge is 2.50. The van der Waals surface area contributed by atoms with Crippen molar-refractivity contribution in [2.75, 3.05) is 19.8 Å². The number of carbonyl (C=O) groups excluding carboxylic acids is 1. The van der Waals surface area contributed by atoms with E-state index >= 15 is 0 Å². The highest BCUT2D eigenvalue weighted by Crippen LogP contribution is 2.33. The summed E-state index contributed by atoms with van der Waals surface area (Å²) in [6.45, 7) is 2.68. The van der Waals surface area contributed by atoms with Gasteiger partial charge in [0.25, 0.3) is 5.91 Å². The molecule has 0 unspecified atom stereocenters. The Hall–Kier alpha value is -3.27. The highest BCUT2D eigenvalue weighted by molar-refractivity contribution is 9.10. The molecule has 1 amide bonds. The molecule has 0 aromatic heterocycles. The summed E-state index contributed by atoms with van der Waals surface area (Å²) in [6, 6.07) is 21.6. The number of ether oxygens (including phenoxy) is 2. The van der Waals surface area contributed by atoms with Crippen LogP contribution in [0.3, 0.4) is 0 Å². The van der Waals surface area contributed by atoms with E-state index in [0.717, 1.165) is 15.6 Å². The number of amides is 1. The number of halogens is 2. The van der Waals surface area contributed by atoms with Gasteiger partial charge >= 0.3 is 0 Å². The topological polar surface area (TPSA) is 92.2 Å². The quantitative estimate of drug-likeness (QED) is 0.218. The molecule has 1 heterocycles. The molecule has 38 heavy (non-hydrogen) atoms. The molecule has 4 rings (SSSR count). The monoisotopic (exact) mass is 583 g/mol. The Kier molecular flexibility index (Phi) is 9.49. The van der Waals surface area contributed by atoms with Crippen molar-refractivity contribution < 1.29 is 23.8 Å². The van der Waals surface area contributed by atoms with Gasteiger partial charge in [-0.3, -0.25) is 10.2 Å². The number of nitrogens with zero attached hydrogens (tertiary/aromatic N) is 1. The summed E-state index contributed by atoms with van der Waals surface area (Å²) >= 11 is 3.45. The lowest BCUT2D eigenvalue weighted by atomic mass is 9.86. The average Bonchev–Trinajstić information content (AvgIpc) is 3.26. The predicted molar refractivity (Wildman–Crippen MR) is 148 cm³/mol. The molecule has 3 N–H and O–H groups in total. The van der Waals surface area contributed by atoms with Gasteiger partial charge in [-0.25, -0.2) is 14.8 Å². The zero-order chi connectivity index (χ0) is 27.0. The van der Waals surface area contributed by atoms with Crippen LogP contribution in [0.4, 0.5) is 4.39 Å². The minimum Gasteiger partial charge on any atom is -0.494 e. The fraction of sp³-hybridized carbons (Fsp3) is 0.310. The Morgan fingerprint density at radius 1 is 1.13 bits per heavy atom. The first-order chi connectivity index (χ1) is 18.4. The van der Waals surface area contributed by atoms with Crippen LogP contribution in [0.2, 0.25) is 0 Å². The lowest BCUT2D eigenvalue weighted by Gasteiger charge is -2.28. The first-order valence-electron chi connectivity index (χ1n) is 12.5. The van der Waals surface area contributed by atoms with Gasteiger partial charge in [0.05, 0.1) is 6.61 Å². The number of hydrogen-bond acceptors (Lipinski definition) is 6. The van der Waals surface area contributed by atoms with Crippen LogP contribution in [-0.4, -0.2) is 48.3 Å². The standard InChI is InChI=1S/C29H31BrFN3O4/c1-20-29(19-21-7-11-24(30)12-8-21,28(36)34-32-16-15-22-5-2-3-6-26(22)31)33-27(38-20)23-9-13-25(14-10-23)37-18-4-17-35/h2-3,5-14,20,32,35H,4,15-19H2,1H3,(H,34,36)/t20-,29-/m0/s1. The maximum atomic E-state index is 13.9. The molecule has 200 valence electrons. The minimum atomic E-state index is -1.22. The molecule has 3 aromatic carbocycles. The number of hydrogen-bond donors (Lipinski definition) is 3. The third-order valence-electron chi connectivity index (χ3n) is 6.39. The molecule has 0 aliphatic carbocycles. The van der Waals surface area contributed by atoms with Gasteiger partial charge in [-0.2, -0.15) is 0 Å². The Labute approximate surface area is 230 Å². The SMILES string of the molecule is C[C@@H]1OC(c2ccc(OCCCO)cc2)=N[C@]1(Cc1ccc(Br)cc1)C(=O)NNCCc1ccccc1F. The first-order valence-corrected chi connectivity index (χ1v) is 13.3. The number of rotatable bonds is 12. The first kappa shape index (κ1) is 27.8. The van der Waals surface area contributed by atoms with E-state index in [4.69, 9.17) is 19.6 Å². The summed E-state index contributed by atoms with van der Waals surface area (Å²) in [5, 5.41) is 8.93. The fourth-order valence-electron chi connectivity index (χ4n) is 4.21. The number of benzene rings is 3. The highest BCUT2D eigenvalue weighted by atomic mass is 79.9. The van der Waals surface area contributed by atoms with Crippen LogP contribution in [0.25, 0.3) is 0 Å². The van der Waals surface area contributed by atoms with Crippen LogP contribution in [0.15, 0.2) is 82.3 Å². The van der Waals surface area contributed by atoms with E-state index in [1.54, 1.807) is 18.2 Å². The van der Waals surface area contributed by atoms with Crippen molar-refractivity contribution >= 4 is 27.7 Å². The zero-order valence-electron chi connectivity index (χ0n) is 21.1. The second-order valence-electron chi connectivity index (χ2n) is 9.08. The van der Waals surface area contributed by atoms with Crippen molar-refractivity contribution in [1.82, 2.24) is 10.9 Å². The van der Waals surface area contributed by atoms with Gasteiger partial charge in [0, 0.05) is 36.0 Å². The molecular formula is C29H31BrFN3O4. The van der Waals surface area contributed by atoms with Crippen molar-refractivity contribution in [2.45, 2.75) is 37.8 Å². The summed E-state index contributed by atoms with van der Waals surface area (Å²) < 4.78 is 26.6. The molecular weight excluding hydrogens is 553 g/mol. The van der Waals surface area contributed by atoms with E-state index in [2.05, 4.69) is 26.8 Å². The van der Waals surface area contributed by atoms with E-state index < -0.39 is 11.6 Å². The number of aliphatic imine (C=N–C) groups is 1. The Balaban J connectivity index is 1.51. The molecule has 0 radical (unpaired) electrons. The molecule has 0 spiro atoms. The number of carbonyl (C=O) groups is 1. The zero-order valence-corrected chi connectivity index (χ0v) is 22.7. The molecule has 1 aliphatic rings. The smallest absolute Gasteiger partial charge is 0.266 e. The molecule has 2 atom stereocenters. The normalized spacial score (nSPS) is 18.5. The molecule has 9 heteroatoms. The van der Waals surface area contributed by atoms with Gasteiger partial charge in [-0.15, -0.1) is 0 Å². The second kappa shape index (κ2) is 13.0. The van der Waals surface area contributed by atoms with Gasteiger partial charge in [0.2, 0.25) is 5.90 Å². The third kappa shape index (κ3) is 6.78. The fourth-order valence-corrected chi connectivity index (χ4v) is 4.47. The largest absolute Gasteiger partial charge is 0.494 e. The molecule has 0 saturated heterocycles. The number of aliphatic hydroxyl groups excluding tert-OH is 1. The van der Waals surface area contributed by atoms with Crippen LogP contribution < -0.4 is 15.6 Å². The minimum absolute atomic E-state index is 0.0706. The van der Waals surface area contributed by atoms with Gasteiger partial charge in [-0.1, -0.05) is 46.3 Å². The van der Waals surface area contributed by atoms with Crippen LogP contribution in [0, 0.1) is 5.82 Å². The lowest BCUT2D eigenvalue weighted by molar-refractivity contribution is -0.129. The van der Waals surface area contributed by atoms with Crippen LogP contribution in [0.5, 0.6) is 5.75 Å². The summed E-state index contributed by atoms with van der Waals surface area (Å²) in [6.07, 6.45) is 0.751. The van der Waals surface area contributed by atoms with E-state index in [1.165, 1.54) is 6.07 Å². The Bertz CT molecular complexity index is 1250. The molecule has 7 nitrogen and oxygen atoms in total. The molecule has 3 aromatic rings. The second-order valence-corrected chi connectivity index (χ2v) is 9.99. The van der Waals surface area contributed by atoms with Gasteiger partial charge in [-0.05, 0) is 66.9 Å². The Morgan fingerprint density at radius 3 is 2.58 bits per heavy atom. The van der Waals surface area contributed by atoms with Crippen molar-refractivity contribution in [3.63, 3.8) is 0 Å². The van der Waals surface area contributed by atoms with E-state index in [0.29, 0.717) is 49.6 Å². The van der Waals surface area contributed by atoms with Crippen LogP contribution >= 0.6 is 15.9 Å².